The van der Waals surface area contributed by atoms with Crippen LogP contribution in [0.1, 0.15) is 16.1 Å². The van der Waals surface area contributed by atoms with Gasteiger partial charge in [-0.15, -0.1) is 0 Å². The highest BCUT2D eigenvalue weighted by Crippen LogP contribution is 2.22. The molecule has 1 aromatic heterocycles. The number of benzene rings is 1. The lowest BCUT2D eigenvalue weighted by Gasteiger charge is -2.06. The van der Waals surface area contributed by atoms with Gasteiger partial charge in [-0.2, -0.15) is 0 Å². The lowest BCUT2D eigenvalue weighted by atomic mass is 10.1. The Kier molecular flexibility index (Phi) is 3.72. The van der Waals surface area contributed by atoms with Crippen LogP contribution in [-0.2, 0) is 0 Å². The average Bonchev–Trinajstić information content (AvgIpc) is 2.41. The number of ether oxygens (including phenoxy) is 1. The number of aromatic nitrogens is 1. The van der Waals surface area contributed by atoms with Crippen LogP contribution in [0, 0.1) is 5.82 Å². The van der Waals surface area contributed by atoms with Gasteiger partial charge in [0.05, 0.1) is 11.6 Å². The molecule has 92 valence electrons. The summed E-state index contributed by atoms with van der Waals surface area (Å²) in [5, 5.41) is 0. The third kappa shape index (κ3) is 2.41. The van der Waals surface area contributed by atoms with Crippen molar-refractivity contribution in [2.24, 2.45) is 0 Å². The van der Waals surface area contributed by atoms with Gasteiger partial charge in [0.1, 0.15) is 11.6 Å². The van der Waals surface area contributed by atoms with E-state index in [-0.39, 0.29) is 15.9 Å². The summed E-state index contributed by atoms with van der Waals surface area (Å²) in [6.07, 6.45) is 1.51. The van der Waals surface area contributed by atoms with E-state index in [4.69, 9.17) is 4.74 Å². The van der Waals surface area contributed by atoms with Crippen LogP contribution < -0.4 is 4.74 Å². The Hall–Kier alpha value is -1.75. The zero-order chi connectivity index (χ0) is 13.1. The molecule has 0 spiro atoms. The number of hydrogen-bond acceptors (Lipinski definition) is 3. The molecule has 2 aromatic rings. The molecule has 0 bridgehead atoms. The fraction of sp³-hybridized carbons (Fsp3) is 0.0769. The van der Waals surface area contributed by atoms with Gasteiger partial charge < -0.3 is 4.74 Å². The molecular weight excluding hydrogens is 301 g/mol. The van der Waals surface area contributed by atoms with Crippen molar-refractivity contribution >= 4 is 21.7 Å². The van der Waals surface area contributed by atoms with Crippen LogP contribution in [0.15, 0.2) is 41.0 Å². The molecule has 1 heterocycles. The van der Waals surface area contributed by atoms with Crippen LogP contribution in [0.4, 0.5) is 4.39 Å². The summed E-state index contributed by atoms with van der Waals surface area (Å²) >= 11 is 3.04. The van der Waals surface area contributed by atoms with Gasteiger partial charge in [0, 0.05) is 11.8 Å². The molecule has 0 aliphatic rings. The smallest absolute Gasteiger partial charge is 0.215 e. The van der Waals surface area contributed by atoms with Crippen molar-refractivity contribution in [3.8, 4) is 5.75 Å². The minimum absolute atomic E-state index is 0.207. The largest absolute Gasteiger partial charge is 0.494 e. The standard InChI is InChI=1S/C13H9BrFNO2/c1-18-11-3-2-6-16-12(11)13(17)8-4-5-10(15)9(14)7-8/h2-7H,1H3. The summed E-state index contributed by atoms with van der Waals surface area (Å²) in [7, 11) is 1.47. The lowest BCUT2D eigenvalue weighted by Crippen LogP contribution is -2.06. The van der Waals surface area contributed by atoms with E-state index in [0.717, 1.165) is 0 Å². The molecule has 0 fully saturated rings. The lowest BCUT2D eigenvalue weighted by molar-refractivity contribution is 0.103. The van der Waals surface area contributed by atoms with E-state index in [1.807, 2.05) is 0 Å². The van der Waals surface area contributed by atoms with Crippen LogP contribution in [0.2, 0.25) is 0 Å². The first-order valence-electron chi connectivity index (χ1n) is 5.12. The van der Waals surface area contributed by atoms with Crippen LogP contribution in [-0.4, -0.2) is 17.9 Å². The maximum atomic E-state index is 13.1. The predicted octanol–water partition coefficient (Wildman–Crippen LogP) is 3.22. The maximum absolute atomic E-state index is 13.1. The molecule has 18 heavy (non-hydrogen) atoms. The van der Waals surface area contributed by atoms with Crippen molar-refractivity contribution in [3.63, 3.8) is 0 Å². The Morgan fingerprint density at radius 3 is 2.83 bits per heavy atom. The highest BCUT2D eigenvalue weighted by atomic mass is 79.9. The van der Waals surface area contributed by atoms with E-state index in [1.54, 1.807) is 12.1 Å². The number of pyridine rings is 1. The van der Waals surface area contributed by atoms with Crippen LogP contribution in [0.5, 0.6) is 5.75 Å². The summed E-state index contributed by atoms with van der Waals surface area (Å²) in [6, 6.07) is 7.39. The molecule has 5 heteroatoms. The molecule has 0 radical (unpaired) electrons. The summed E-state index contributed by atoms with van der Waals surface area (Å²) in [5.41, 5.74) is 0.554. The van der Waals surface area contributed by atoms with Crippen molar-refractivity contribution < 1.29 is 13.9 Å². The number of hydrogen-bond donors (Lipinski definition) is 0. The van der Waals surface area contributed by atoms with Crippen molar-refractivity contribution in [2.45, 2.75) is 0 Å². The fourth-order valence-electron chi connectivity index (χ4n) is 1.50. The third-order valence-corrected chi connectivity index (χ3v) is 3.00. The summed E-state index contributed by atoms with van der Waals surface area (Å²) in [6.45, 7) is 0. The number of carbonyl (C=O) groups excluding carboxylic acids is 1. The fourth-order valence-corrected chi connectivity index (χ4v) is 1.88. The zero-order valence-electron chi connectivity index (χ0n) is 9.48. The highest BCUT2D eigenvalue weighted by Gasteiger charge is 2.16. The second-order valence-electron chi connectivity index (χ2n) is 3.51. The minimum Gasteiger partial charge on any atom is -0.494 e. The molecule has 1 aromatic carbocycles. The van der Waals surface area contributed by atoms with Crippen molar-refractivity contribution in [1.82, 2.24) is 4.98 Å². The normalized spacial score (nSPS) is 10.2. The Morgan fingerprint density at radius 2 is 2.17 bits per heavy atom. The Labute approximate surface area is 112 Å². The van der Waals surface area contributed by atoms with Gasteiger partial charge in [-0.1, -0.05) is 0 Å². The Balaban J connectivity index is 2.44. The quantitative estimate of drug-likeness (QED) is 0.817. The van der Waals surface area contributed by atoms with E-state index in [1.165, 1.54) is 31.5 Å². The molecule has 3 nitrogen and oxygen atoms in total. The van der Waals surface area contributed by atoms with E-state index in [9.17, 15) is 9.18 Å². The van der Waals surface area contributed by atoms with Gasteiger partial charge in [0.15, 0.2) is 5.69 Å². The van der Waals surface area contributed by atoms with E-state index in [0.29, 0.717) is 11.3 Å². The van der Waals surface area contributed by atoms with Crippen molar-refractivity contribution in [3.05, 3.63) is 58.1 Å². The SMILES string of the molecule is COc1cccnc1C(=O)c1ccc(F)c(Br)c1. The van der Waals surface area contributed by atoms with Gasteiger partial charge in [0.2, 0.25) is 5.78 Å². The molecule has 0 aliphatic heterocycles. The van der Waals surface area contributed by atoms with Crippen LogP contribution in [0.3, 0.4) is 0 Å². The molecule has 0 unspecified atom stereocenters. The van der Waals surface area contributed by atoms with Crippen LogP contribution in [0.25, 0.3) is 0 Å². The first kappa shape index (κ1) is 12.7. The first-order valence-corrected chi connectivity index (χ1v) is 5.91. The molecule has 0 aliphatic carbocycles. The molecule has 0 amide bonds. The monoisotopic (exact) mass is 309 g/mol. The minimum atomic E-state index is -0.417. The van der Waals surface area contributed by atoms with Crippen molar-refractivity contribution in [2.75, 3.05) is 7.11 Å². The molecule has 0 N–H and O–H groups in total. The number of carbonyl (C=O) groups is 1. The van der Waals surface area contributed by atoms with Gasteiger partial charge >= 0.3 is 0 Å². The van der Waals surface area contributed by atoms with E-state index < -0.39 is 5.82 Å². The first-order chi connectivity index (χ1) is 8.63. The van der Waals surface area contributed by atoms with Gasteiger partial charge in [0.25, 0.3) is 0 Å². The second-order valence-corrected chi connectivity index (χ2v) is 4.37. The molecule has 0 atom stereocenters. The number of nitrogens with zero attached hydrogens (tertiary/aromatic N) is 1. The molecule has 0 saturated carbocycles. The summed E-state index contributed by atoms with van der Waals surface area (Å²) in [5.74, 6) is -0.337. The van der Waals surface area contributed by atoms with Gasteiger partial charge in [-0.05, 0) is 46.3 Å². The third-order valence-electron chi connectivity index (χ3n) is 2.39. The maximum Gasteiger partial charge on any atom is 0.215 e. The van der Waals surface area contributed by atoms with Gasteiger partial charge in [-0.25, -0.2) is 9.37 Å². The number of halogens is 2. The van der Waals surface area contributed by atoms with E-state index in [2.05, 4.69) is 20.9 Å². The number of rotatable bonds is 3. The van der Waals surface area contributed by atoms with Crippen molar-refractivity contribution in [1.29, 1.82) is 0 Å². The average molecular weight is 310 g/mol. The van der Waals surface area contributed by atoms with E-state index >= 15 is 0 Å². The second kappa shape index (κ2) is 5.27. The molecule has 2 rings (SSSR count). The summed E-state index contributed by atoms with van der Waals surface area (Å²) in [4.78, 5) is 16.2. The topological polar surface area (TPSA) is 39.2 Å². The highest BCUT2D eigenvalue weighted by molar-refractivity contribution is 9.10. The molecule has 0 saturated heterocycles. The number of ketones is 1. The zero-order valence-corrected chi connectivity index (χ0v) is 11.1. The van der Waals surface area contributed by atoms with Gasteiger partial charge in [-0.3, -0.25) is 4.79 Å². The number of methoxy groups -OCH3 is 1. The van der Waals surface area contributed by atoms with Crippen LogP contribution >= 0.6 is 15.9 Å². The molecular formula is C13H9BrFNO2. The Morgan fingerprint density at radius 1 is 1.39 bits per heavy atom. The predicted molar refractivity (Wildman–Crippen MR) is 68.3 cm³/mol. The Bertz CT molecular complexity index is 601. The summed E-state index contributed by atoms with van der Waals surface area (Å²) < 4.78 is 18.4.